The van der Waals surface area contributed by atoms with E-state index < -0.39 is 5.60 Å². The second-order valence-electron chi connectivity index (χ2n) is 12.2. The number of aromatic nitrogens is 3. The summed E-state index contributed by atoms with van der Waals surface area (Å²) >= 11 is 0. The minimum Gasteiger partial charge on any atom is -0.444 e. The summed E-state index contributed by atoms with van der Waals surface area (Å²) in [4.78, 5) is 23.6. The summed E-state index contributed by atoms with van der Waals surface area (Å²) in [5, 5.41) is 9.42. The summed E-state index contributed by atoms with van der Waals surface area (Å²) in [6.45, 7) is 13.4. The largest absolute Gasteiger partial charge is 0.444 e. The zero-order valence-electron chi connectivity index (χ0n) is 25.9. The number of carbonyl (C=O) groups excluding carboxylic acids is 1. The maximum atomic E-state index is 12.5. The monoisotopic (exact) mass is 596 g/mol. The lowest BCUT2D eigenvalue weighted by Gasteiger charge is -2.36. The fourth-order valence-electron chi connectivity index (χ4n) is 5.41. The first-order chi connectivity index (χ1) is 21.2. The Balaban J connectivity index is 1.19. The Morgan fingerprint density at radius 3 is 2.41 bits per heavy atom. The van der Waals surface area contributed by atoms with E-state index in [1.54, 1.807) is 11.1 Å². The van der Waals surface area contributed by atoms with E-state index in [9.17, 15) is 4.79 Å². The van der Waals surface area contributed by atoms with E-state index in [0.717, 1.165) is 60.2 Å². The molecule has 0 saturated carbocycles. The summed E-state index contributed by atoms with van der Waals surface area (Å²) in [6.07, 6.45) is 1.55. The van der Waals surface area contributed by atoms with Gasteiger partial charge in [0.2, 0.25) is 0 Å². The molecule has 2 aromatic carbocycles. The maximum Gasteiger partial charge on any atom is 0.410 e. The first-order valence-corrected chi connectivity index (χ1v) is 15.1. The zero-order valence-corrected chi connectivity index (χ0v) is 25.9. The fourth-order valence-corrected chi connectivity index (χ4v) is 5.41. The van der Waals surface area contributed by atoms with E-state index in [2.05, 4.69) is 63.6 Å². The van der Waals surface area contributed by atoms with Crippen LogP contribution in [0, 0.1) is 6.92 Å². The van der Waals surface area contributed by atoms with E-state index in [0.29, 0.717) is 32.1 Å². The molecule has 2 aliphatic rings. The fraction of sp³-hybridized carbons (Fsp3) is 0.394. The van der Waals surface area contributed by atoms with Gasteiger partial charge in [-0.25, -0.2) is 9.78 Å². The first kappa shape index (κ1) is 29.4. The van der Waals surface area contributed by atoms with Crippen molar-refractivity contribution < 1.29 is 14.3 Å². The highest BCUT2D eigenvalue weighted by Crippen LogP contribution is 2.28. The third kappa shape index (κ3) is 6.94. The number of aryl methyl sites for hydroxylation is 1. The molecule has 11 heteroatoms. The van der Waals surface area contributed by atoms with Crippen LogP contribution in [0.4, 0.5) is 22.1 Å². The molecule has 230 valence electrons. The van der Waals surface area contributed by atoms with Crippen molar-refractivity contribution in [1.29, 1.82) is 0 Å². The summed E-state index contributed by atoms with van der Waals surface area (Å²) in [5.41, 5.74) is 8.53. The molecule has 0 aliphatic carbocycles. The molecule has 0 radical (unpaired) electrons. The third-order valence-corrected chi connectivity index (χ3v) is 7.64. The number of hydrogen-bond donors (Lipinski definition) is 1. The first-order valence-electron chi connectivity index (χ1n) is 15.1. The van der Waals surface area contributed by atoms with Crippen LogP contribution in [-0.4, -0.2) is 89.9 Å². The number of anilines is 3. The molecule has 11 nitrogen and oxygen atoms in total. The molecule has 0 atom stereocenters. The van der Waals surface area contributed by atoms with Crippen molar-refractivity contribution in [1.82, 2.24) is 19.5 Å². The molecule has 0 spiro atoms. The highest BCUT2D eigenvalue weighted by molar-refractivity contribution is 5.80. The minimum atomic E-state index is -0.492. The summed E-state index contributed by atoms with van der Waals surface area (Å²) < 4.78 is 13.0. The molecule has 2 saturated heterocycles. The third-order valence-electron chi connectivity index (χ3n) is 7.64. The molecule has 1 amide bonds. The van der Waals surface area contributed by atoms with E-state index >= 15 is 0 Å². The predicted octanol–water partition coefficient (Wildman–Crippen LogP) is 5.04. The van der Waals surface area contributed by atoms with Gasteiger partial charge in [-0.05, 0) is 45.4 Å². The number of morpholine rings is 1. The molecule has 4 aromatic rings. The van der Waals surface area contributed by atoms with E-state index in [4.69, 9.17) is 19.6 Å². The van der Waals surface area contributed by atoms with Crippen molar-refractivity contribution in [3.63, 3.8) is 0 Å². The van der Waals surface area contributed by atoms with Crippen molar-refractivity contribution in [2.24, 2.45) is 5.10 Å². The van der Waals surface area contributed by atoms with Crippen molar-refractivity contribution >= 4 is 35.3 Å². The van der Waals surface area contributed by atoms with Crippen LogP contribution in [-0.2, 0) is 9.47 Å². The van der Waals surface area contributed by atoms with Gasteiger partial charge in [0.1, 0.15) is 11.4 Å². The number of hydrogen-bond acceptors (Lipinski definition) is 9. The number of fused-ring (bicyclic) bond motifs is 1. The van der Waals surface area contributed by atoms with E-state index in [-0.39, 0.29) is 6.09 Å². The number of benzene rings is 2. The Bertz CT molecular complexity index is 1630. The van der Waals surface area contributed by atoms with Gasteiger partial charge in [0.05, 0.1) is 25.1 Å². The van der Waals surface area contributed by atoms with E-state index in [1.807, 2.05) is 49.6 Å². The number of ether oxygens (including phenoxy) is 2. The summed E-state index contributed by atoms with van der Waals surface area (Å²) in [5.74, 6) is 1.59. The van der Waals surface area contributed by atoms with Crippen LogP contribution in [0.5, 0.6) is 0 Å². The Labute approximate surface area is 258 Å². The maximum absolute atomic E-state index is 12.5. The number of hydrazone groups is 1. The van der Waals surface area contributed by atoms with Crippen molar-refractivity contribution in [2.45, 2.75) is 33.3 Å². The van der Waals surface area contributed by atoms with Crippen LogP contribution in [0.15, 0.2) is 65.8 Å². The van der Waals surface area contributed by atoms with Gasteiger partial charge in [-0.15, -0.1) is 0 Å². The van der Waals surface area contributed by atoms with Crippen molar-refractivity contribution in [3.8, 4) is 11.3 Å². The Morgan fingerprint density at radius 2 is 1.70 bits per heavy atom. The van der Waals surface area contributed by atoms with Gasteiger partial charge < -0.3 is 24.2 Å². The molecule has 6 rings (SSSR count). The van der Waals surface area contributed by atoms with E-state index in [1.165, 1.54) is 5.56 Å². The second-order valence-corrected chi connectivity index (χ2v) is 12.2. The van der Waals surface area contributed by atoms with Gasteiger partial charge in [-0.1, -0.05) is 42.0 Å². The van der Waals surface area contributed by atoms with Crippen LogP contribution in [0.25, 0.3) is 16.9 Å². The standard InChI is InChI=1S/C33H40N8O3/c1-24-6-5-7-25(20-24)23-34-36-29-22-31(39-16-18-43-19-17-39)41-30(35-29)21-28(37-41)26-8-10-27(11-9-26)38-12-14-40(15-13-38)32(42)44-33(2,3)4/h5-11,20-23H,12-19H2,1-4H3,(H,35,36). The van der Waals surface area contributed by atoms with Gasteiger partial charge in [-0.3, -0.25) is 5.43 Å². The van der Waals surface area contributed by atoms with Gasteiger partial charge in [0, 0.05) is 62.7 Å². The number of nitrogens with one attached hydrogen (secondary N) is 1. The van der Waals surface area contributed by atoms with Gasteiger partial charge in [0.15, 0.2) is 11.5 Å². The smallest absolute Gasteiger partial charge is 0.410 e. The van der Waals surface area contributed by atoms with Crippen LogP contribution in [0.2, 0.25) is 0 Å². The Hall–Kier alpha value is -4.64. The highest BCUT2D eigenvalue weighted by Gasteiger charge is 2.26. The summed E-state index contributed by atoms with van der Waals surface area (Å²) in [6, 6.07) is 20.6. The van der Waals surface area contributed by atoms with Crippen LogP contribution in [0.1, 0.15) is 31.9 Å². The van der Waals surface area contributed by atoms with Crippen LogP contribution >= 0.6 is 0 Å². The predicted molar refractivity (Wildman–Crippen MR) is 174 cm³/mol. The SMILES string of the molecule is Cc1cccc(C=NNc2cc(N3CCOCC3)n3nc(-c4ccc(N5CCN(C(=O)OC(C)(C)C)CC5)cc4)cc3n2)c1. The molecule has 2 fully saturated rings. The molecular formula is C33H40N8O3. The molecule has 2 aliphatic heterocycles. The molecule has 4 heterocycles. The number of nitrogens with zero attached hydrogens (tertiary/aromatic N) is 7. The lowest BCUT2D eigenvalue weighted by molar-refractivity contribution is 0.0240. The van der Waals surface area contributed by atoms with Gasteiger partial charge >= 0.3 is 6.09 Å². The Kier molecular flexibility index (Phi) is 8.38. The molecule has 2 aromatic heterocycles. The van der Waals surface area contributed by atoms with Crippen LogP contribution < -0.4 is 15.2 Å². The molecule has 0 unspecified atom stereocenters. The highest BCUT2D eigenvalue weighted by atomic mass is 16.6. The van der Waals surface area contributed by atoms with Gasteiger partial charge in [0.25, 0.3) is 0 Å². The number of piperazine rings is 1. The number of rotatable bonds is 6. The minimum absolute atomic E-state index is 0.249. The quantitative estimate of drug-likeness (QED) is 0.244. The lowest BCUT2D eigenvalue weighted by Crippen LogP contribution is -2.50. The van der Waals surface area contributed by atoms with Crippen molar-refractivity contribution in [2.75, 3.05) is 67.7 Å². The number of amides is 1. The molecular weight excluding hydrogens is 556 g/mol. The molecule has 44 heavy (non-hydrogen) atoms. The second kappa shape index (κ2) is 12.5. The normalized spacial score (nSPS) is 16.1. The Morgan fingerprint density at radius 1 is 0.955 bits per heavy atom. The summed E-state index contributed by atoms with van der Waals surface area (Å²) in [7, 11) is 0. The number of carbonyl (C=O) groups is 1. The van der Waals surface area contributed by atoms with Crippen molar-refractivity contribution in [3.05, 3.63) is 71.8 Å². The van der Waals surface area contributed by atoms with Gasteiger partial charge in [-0.2, -0.15) is 14.7 Å². The topological polar surface area (TPSA) is 99.8 Å². The average Bonchev–Trinajstić information content (AvgIpc) is 3.45. The lowest BCUT2D eigenvalue weighted by atomic mass is 10.1. The zero-order chi connectivity index (χ0) is 30.7. The van der Waals surface area contributed by atoms with Crippen LogP contribution in [0.3, 0.4) is 0 Å². The average molecular weight is 597 g/mol. The molecule has 0 bridgehead atoms. The molecule has 1 N–H and O–H groups in total.